The summed E-state index contributed by atoms with van der Waals surface area (Å²) in [6, 6.07) is 10.2. The first kappa shape index (κ1) is 26.2. The monoisotopic (exact) mass is 475 g/mol. The maximum Gasteiger partial charge on any atom is 0.326 e. The van der Waals surface area contributed by atoms with Gasteiger partial charge in [-0.25, -0.2) is 4.79 Å². The van der Waals surface area contributed by atoms with Gasteiger partial charge in [0.2, 0.25) is 13.3 Å². The van der Waals surface area contributed by atoms with Gasteiger partial charge in [0.1, 0.15) is 6.04 Å². The van der Waals surface area contributed by atoms with Crippen LogP contribution in [0.4, 0.5) is 5.69 Å². The highest BCUT2D eigenvalue weighted by atomic mass is 31.2. The number of rotatable bonds is 11. The van der Waals surface area contributed by atoms with Crippen LogP contribution < -0.4 is 10.2 Å². The summed E-state index contributed by atoms with van der Waals surface area (Å²) in [5.74, 6) is -3.19. The molecular formula is C23H30N3O6P. The predicted octanol–water partition coefficient (Wildman–Crippen LogP) is 3.21. The van der Waals surface area contributed by atoms with Crippen molar-refractivity contribution in [3.8, 4) is 0 Å². The molecule has 0 saturated carbocycles. The summed E-state index contributed by atoms with van der Waals surface area (Å²) < 4.78 is 13.0. The summed E-state index contributed by atoms with van der Waals surface area (Å²) in [4.78, 5) is 53.1. The molecule has 0 spiro atoms. The third-order valence-electron chi connectivity index (χ3n) is 5.04. The molecule has 1 aromatic carbocycles. The van der Waals surface area contributed by atoms with E-state index in [0.29, 0.717) is 5.56 Å². The Kier molecular flexibility index (Phi) is 9.32. The molecule has 33 heavy (non-hydrogen) atoms. The Morgan fingerprint density at radius 2 is 1.76 bits per heavy atom. The predicted molar refractivity (Wildman–Crippen MR) is 125 cm³/mol. The van der Waals surface area contributed by atoms with E-state index in [4.69, 9.17) is 0 Å². The summed E-state index contributed by atoms with van der Waals surface area (Å²) in [6.07, 6.45) is 2.27. The van der Waals surface area contributed by atoms with Crippen LogP contribution in [0.1, 0.15) is 37.6 Å². The van der Waals surface area contributed by atoms with Crippen LogP contribution in [-0.4, -0.2) is 51.3 Å². The highest BCUT2D eigenvalue weighted by molar-refractivity contribution is 7.58. The number of benzene rings is 1. The van der Waals surface area contributed by atoms with E-state index in [1.807, 2.05) is 13.8 Å². The number of carbonyl (C=O) groups is 3. The molecule has 178 valence electrons. The highest BCUT2D eigenvalue weighted by Crippen LogP contribution is 2.43. The van der Waals surface area contributed by atoms with Crippen molar-refractivity contribution in [2.45, 2.75) is 33.2 Å². The third kappa shape index (κ3) is 7.80. The van der Waals surface area contributed by atoms with Crippen LogP contribution in [-0.2, 0) is 14.2 Å². The summed E-state index contributed by atoms with van der Waals surface area (Å²) in [5.41, 5.74) is 0.640. The Hall–Kier alpha value is -3.03. The van der Waals surface area contributed by atoms with E-state index in [1.165, 1.54) is 19.3 Å². The molecule has 0 aliphatic rings. The second-order valence-corrected chi connectivity index (χ2v) is 10.7. The molecule has 2 rings (SSSR count). The standard InChI is InChI=1S/C23H30N3O6P/c1-16(2)12-19(14-33(31,32)15-25-21(27)18-8-5-4-6-9-18)22(28)26(17(3)23(29)30)20-10-7-11-24-13-20/h4-11,13,16-17,19H,12,14-15H2,1-3H3,(H,25,27)(H,29,30)(H,31,32)/t17-,19?/m0/s1. The van der Waals surface area contributed by atoms with Gasteiger partial charge >= 0.3 is 5.97 Å². The molecule has 2 amide bonds. The van der Waals surface area contributed by atoms with Crippen molar-refractivity contribution in [2.75, 3.05) is 17.3 Å². The number of pyridine rings is 1. The van der Waals surface area contributed by atoms with Gasteiger partial charge in [-0.15, -0.1) is 0 Å². The van der Waals surface area contributed by atoms with Gasteiger partial charge in [-0.05, 0) is 43.5 Å². The maximum atomic E-state index is 13.5. The van der Waals surface area contributed by atoms with Crippen molar-refractivity contribution in [3.63, 3.8) is 0 Å². The second-order valence-electron chi connectivity index (χ2n) is 8.32. The molecule has 10 heteroatoms. The lowest BCUT2D eigenvalue weighted by Crippen LogP contribution is -2.47. The van der Waals surface area contributed by atoms with Crippen LogP contribution in [0, 0.1) is 11.8 Å². The van der Waals surface area contributed by atoms with E-state index < -0.39 is 43.4 Å². The van der Waals surface area contributed by atoms with Crippen LogP contribution in [0.25, 0.3) is 0 Å². The lowest BCUT2D eigenvalue weighted by molar-refractivity contribution is -0.140. The van der Waals surface area contributed by atoms with Crippen LogP contribution in [0.15, 0.2) is 54.9 Å². The van der Waals surface area contributed by atoms with Crippen molar-refractivity contribution >= 4 is 30.8 Å². The summed E-state index contributed by atoms with van der Waals surface area (Å²) in [5, 5.41) is 12.0. The molecule has 0 radical (unpaired) electrons. The fourth-order valence-corrected chi connectivity index (χ4v) is 4.98. The maximum absolute atomic E-state index is 13.5. The topological polar surface area (TPSA) is 137 Å². The van der Waals surface area contributed by atoms with Gasteiger partial charge in [-0.2, -0.15) is 0 Å². The summed E-state index contributed by atoms with van der Waals surface area (Å²) >= 11 is 0. The highest BCUT2D eigenvalue weighted by Gasteiger charge is 2.36. The molecule has 3 atom stereocenters. The zero-order valence-electron chi connectivity index (χ0n) is 18.9. The van der Waals surface area contributed by atoms with Gasteiger partial charge in [0.05, 0.1) is 18.2 Å². The van der Waals surface area contributed by atoms with Crippen molar-refractivity contribution in [1.82, 2.24) is 10.3 Å². The number of carbonyl (C=O) groups excluding carboxylic acids is 2. The Morgan fingerprint density at radius 3 is 2.30 bits per heavy atom. The number of hydrogen-bond acceptors (Lipinski definition) is 5. The molecule has 0 aliphatic heterocycles. The van der Waals surface area contributed by atoms with Gasteiger partial charge in [0, 0.05) is 23.8 Å². The number of amides is 2. The average molecular weight is 475 g/mol. The SMILES string of the molecule is CC(C)CC(CP(=O)(O)CNC(=O)c1ccccc1)C(=O)N(c1cccnc1)[C@@H](C)C(=O)O. The average Bonchev–Trinajstić information content (AvgIpc) is 2.78. The first-order valence-corrected chi connectivity index (χ1v) is 12.6. The number of nitrogens with zero attached hydrogens (tertiary/aromatic N) is 2. The number of aromatic nitrogens is 1. The van der Waals surface area contributed by atoms with Crippen LogP contribution in [0.2, 0.25) is 0 Å². The Balaban J connectivity index is 2.23. The zero-order chi connectivity index (χ0) is 24.6. The van der Waals surface area contributed by atoms with E-state index in [2.05, 4.69) is 10.3 Å². The molecule has 9 nitrogen and oxygen atoms in total. The second kappa shape index (κ2) is 11.7. The number of nitrogens with one attached hydrogen (secondary N) is 1. The van der Waals surface area contributed by atoms with E-state index >= 15 is 0 Å². The molecule has 0 fully saturated rings. The van der Waals surface area contributed by atoms with Crippen LogP contribution >= 0.6 is 7.37 Å². The minimum absolute atomic E-state index is 0.00809. The largest absolute Gasteiger partial charge is 0.480 e. The van der Waals surface area contributed by atoms with Crippen LogP contribution in [0.3, 0.4) is 0 Å². The van der Waals surface area contributed by atoms with E-state index in [1.54, 1.807) is 42.5 Å². The summed E-state index contributed by atoms with van der Waals surface area (Å²) in [7, 11) is -3.96. The summed E-state index contributed by atoms with van der Waals surface area (Å²) in [6.45, 7) is 5.11. The van der Waals surface area contributed by atoms with Gasteiger partial charge in [0.25, 0.3) is 5.91 Å². The number of aliphatic carboxylic acids is 1. The van der Waals surface area contributed by atoms with E-state index in [-0.39, 0.29) is 24.2 Å². The molecule has 1 aromatic heterocycles. The van der Waals surface area contributed by atoms with Crippen molar-refractivity contribution in [1.29, 1.82) is 0 Å². The van der Waals surface area contributed by atoms with Gasteiger partial charge < -0.3 is 15.3 Å². The van der Waals surface area contributed by atoms with Gasteiger partial charge in [-0.1, -0.05) is 32.0 Å². The number of carboxylic acid groups (broad SMARTS) is 1. The molecule has 2 unspecified atom stereocenters. The number of anilines is 1. The van der Waals surface area contributed by atoms with E-state index in [0.717, 1.165) is 4.90 Å². The lowest BCUT2D eigenvalue weighted by Gasteiger charge is -2.31. The normalized spacial score (nSPS) is 14.7. The quantitative estimate of drug-likeness (QED) is 0.425. The fourth-order valence-electron chi connectivity index (χ4n) is 3.46. The fraction of sp³-hybridized carbons (Fsp3) is 0.391. The third-order valence-corrected chi connectivity index (χ3v) is 6.70. The molecule has 0 saturated heterocycles. The molecule has 0 aliphatic carbocycles. The lowest BCUT2D eigenvalue weighted by atomic mass is 9.96. The van der Waals surface area contributed by atoms with Crippen LogP contribution in [0.5, 0.6) is 0 Å². The molecule has 1 heterocycles. The first-order chi connectivity index (χ1) is 15.5. The minimum atomic E-state index is -3.96. The molecule has 3 N–H and O–H groups in total. The van der Waals surface area contributed by atoms with Gasteiger partial charge in [-0.3, -0.25) is 24.0 Å². The van der Waals surface area contributed by atoms with Crippen molar-refractivity contribution in [2.24, 2.45) is 11.8 Å². The zero-order valence-corrected chi connectivity index (χ0v) is 19.8. The van der Waals surface area contributed by atoms with E-state index in [9.17, 15) is 28.9 Å². The molecular weight excluding hydrogens is 445 g/mol. The molecule has 2 aromatic rings. The molecule has 0 bridgehead atoms. The minimum Gasteiger partial charge on any atom is -0.480 e. The Bertz CT molecular complexity index is 1000. The van der Waals surface area contributed by atoms with Gasteiger partial charge in [0.15, 0.2) is 0 Å². The van der Waals surface area contributed by atoms with Crippen molar-refractivity contribution in [3.05, 3.63) is 60.4 Å². The first-order valence-electron chi connectivity index (χ1n) is 10.6. The Morgan fingerprint density at radius 1 is 1.09 bits per heavy atom. The number of carboxylic acids is 1. The van der Waals surface area contributed by atoms with Crippen molar-refractivity contribution < 1.29 is 28.9 Å². The Labute approximate surface area is 193 Å². The number of hydrogen-bond donors (Lipinski definition) is 3. The smallest absolute Gasteiger partial charge is 0.326 e.